The highest BCUT2D eigenvalue weighted by Gasteiger charge is 2.30. The molecule has 0 bridgehead atoms. The number of pyridine rings is 1. The Balaban J connectivity index is 1.77. The predicted molar refractivity (Wildman–Crippen MR) is 100 cm³/mol. The van der Waals surface area contributed by atoms with Crippen LogP contribution in [0.25, 0.3) is 0 Å². The van der Waals surface area contributed by atoms with Gasteiger partial charge in [-0.15, -0.1) is 0 Å². The summed E-state index contributed by atoms with van der Waals surface area (Å²) in [5.41, 5.74) is 1.42. The molecule has 0 aliphatic carbocycles. The van der Waals surface area contributed by atoms with Gasteiger partial charge in [0.25, 0.3) is 11.5 Å². The standard InChI is InChI=1S/C21H17F3N2O2/c1-14-2-4-15(5-3-14)12-26-13-16(6-11-19(26)27)20(28)25-18-9-7-17(8-10-18)21(22,23)24/h2-11,13H,12H2,1H3,(H,25,28). The number of carbonyl (C=O) groups excluding carboxylic acids is 1. The summed E-state index contributed by atoms with van der Waals surface area (Å²) in [7, 11) is 0. The Morgan fingerprint density at radius 3 is 2.21 bits per heavy atom. The molecule has 0 atom stereocenters. The van der Waals surface area contributed by atoms with Crippen LogP contribution in [0.2, 0.25) is 0 Å². The summed E-state index contributed by atoms with van der Waals surface area (Å²) in [5.74, 6) is -0.516. The zero-order valence-corrected chi connectivity index (χ0v) is 15.0. The van der Waals surface area contributed by atoms with Gasteiger partial charge >= 0.3 is 6.18 Å². The van der Waals surface area contributed by atoms with Gasteiger partial charge in [-0.1, -0.05) is 29.8 Å². The predicted octanol–water partition coefficient (Wildman–Crippen LogP) is 4.48. The van der Waals surface area contributed by atoms with Crippen LogP contribution >= 0.6 is 0 Å². The van der Waals surface area contributed by atoms with Crippen LogP contribution in [0, 0.1) is 6.92 Å². The molecule has 28 heavy (non-hydrogen) atoms. The quantitative estimate of drug-likeness (QED) is 0.719. The highest BCUT2D eigenvalue weighted by Crippen LogP contribution is 2.29. The van der Waals surface area contributed by atoms with E-state index in [1.54, 1.807) is 0 Å². The summed E-state index contributed by atoms with van der Waals surface area (Å²) in [6.07, 6.45) is -3.00. The van der Waals surface area contributed by atoms with Crippen molar-refractivity contribution in [3.8, 4) is 0 Å². The Bertz CT molecular complexity index is 1040. The van der Waals surface area contributed by atoms with Crippen LogP contribution in [0.3, 0.4) is 0 Å². The van der Waals surface area contributed by atoms with Gasteiger partial charge < -0.3 is 9.88 Å². The lowest BCUT2D eigenvalue weighted by Crippen LogP contribution is -2.22. The van der Waals surface area contributed by atoms with Crippen molar-refractivity contribution in [2.75, 3.05) is 5.32 Å². The Labute approximate surface area is 159 Å². The van der Waals surface area contributed by atoms with Crippen LogP contribution in [0.5, 0.6) is 0 Å². The molecule has 4 nitrogen and oxygen atoms in total. The minimum absolute atomic E-state index is 0.228. The number of nitrogens with one attached hydrogen (secondary N) is 1. The molecule has 0 saturated carbocycles. The second kappa shape index (κ2) is 7.72. The molecule has 0 saturated heterocycles. The van der Waals surface area contributed by atoms with Crippen LogP contribution in [0.1, 0.15) is 27.0 Å². The average Bonchev–Trinajstić information content (AvgIpc) is 2.65. The van der Waals surface area contributed by atoms with E-state index in [1.165, 1.54) is 35.0 Å². The molecule has 1 aromatic heterocycles. The molecule has 3 rings (SSSR count). The molecule has 2 aromatic carbocycles. The van der Waals surface area contributed by atoms with Gasteiger partial charge in [0, 0.05) is 18.0 Å². The van der Waals surface area contributed by atoms with Crippen molar-refractivity contribution in [1.29, 1.82) is 0 Å². The lowest BCUT2D eigenvalue weighted by atomic mass is 10.1. The fourth-order valence-corrected chi connectivity index (χ4v) is 2.63. The van der Waals surface area contributed by atoms with Crippen LogP contribution in [-0.2, 0) is 12.7 Å². The van der Waals surface area contributed by atoms with E-state index in [0.29, 0.717) is 6.54 Å². The highest BCUT2D eigenvalue weighted by atomic mass is 19.4. The van der Waals surface area contributed by atoms with Crippen LogP contribution in [-0.4, -0.2) is 10.5 Å². The average molecular weight is 386 g/mol. The monoisotopic (exact) mass is 386 g/mol. The van der Waals surface area contributed by atoms with Gasteiger partial charge in [-0.25, -0.2) is 0 Å². The van der Waals surface area contributed by atoms with Gasteiger partial charge in [-0.05, 0) is 42.8 Å². The SMILES string of the molecule is Cc1ccc(Cn2cc(C(=O)Nc3ccc(C(F)(F)F)cc3)ccc2=O)cc1. The van der Waals surface area contributed by atoms with Crippen molar-refractivity contribution in [2.45, 2.75) is 19.6 Å². The number of aromatic nitrogens is 1. The van der Waals surface area contributed by atoms with Gasteiger partial charge in [0.05, 0.1) is 17.7 Å². The Morgan fingerprint density at radius 1 is 0.964 bits per heavy atom. The number of nitrogens with zero attached hydrogens (tertiary/aromatic N) is 1. The van der Waals surface area contributed by atoms with Crippen molar-refractivity contribution < 1.29 is 18.0 Å². The second-order valence-electron chi connectivity index (χ2n) is 6.40. The molecule has 0 aliphatic rings. The normalized spacial score (nSPS) is 11.3. The maximum absolute atomic E-state index is 12.6. The summed E-state index contributed by atoms with van der Waals surface area (Å²) in [6.45, 7) is 2.27. The molecule has 1 N–H and O–H groups in total. The van der Waals surface area contributed by atoms with E-state index in [9.17, 15) is 22.8 Å². The maximum atomic E-state index is 12.6. The van der Waals surface area contributed by atoms with Crippen molar-refractivity contribution in [1.82, 2.24) is 4.57 Å². The topological polar surface area (TPSA) is 51.1 Å². The minimum Gasteiger partial charge on any atom is -0.322 e. The summed E-state index contributed by atoms with van der Waals surface area (Å²) < 4.78 is 39.2. The third-order valence-corrected chi connectivity index (χ3v) is 4.19. The van der Waals surface area contributed by atoms with Crippen LogP contribution in [0.15, 0.2) is 71.7 Å². The van der Waals surface area contributed by atoms with Crippen molar-refractivity contribution in [3.63, 3.8) is 0 Å². The zero-order valence-electron chi connectivity index (χ0n) is 15.0. The lowest BCUT2D eigenvalue weighted by Gasteiger charge is -2.11. The number of carbonyl (C=O) groups is 1. The Kier molecular flexibility index (Phi) is 5.35. The second-order valence-corrected chi connectivity index (χ2v) is 6.40. The molecule has 144 valence electrons. The van der Waals surface area contributed by atoms with Gasteiger partial charge in [0.1, 0.15) is 0 Å². The number of amides is 1. The first kappa shape index (κ1) is 19.4. The van der Waals surface area contributed by atoms with Crippen molar-refractivity contribution >= 4 is 11.6 Å². The van der Waals surface area contributed by atoms with E-state index < -0.39 is 17.6 Å². The molecule has 0 fully saturated rings. The minimum atomic E-state index is -4.44. The first-order valence-electron chi connectivity index (χ1n) is 8.47. The molecule has 0 radical (unpaired) electrons. The molecule has 1 heterocycles. The van der Waals surface area contributed by atoms with Gasteiger partial charge in [0.2, 0.25) is 0 Å². The molecular weight excluding hydrogens is 369 g/mol. The van der Waals surface area contributed by atoms with Gasteiger partial charge in [-0.3, -0.25) is 9.59 Å². The number of halogens is 3. The first-order chi connectivity index (χ1) is 13.2. The van der Waals surface area contributed by atoms with Crippen LogP contribution < -0.4 is 10.9 Å². The Morgan fingerprint density at radius 2 is 1.61 bits per heavy atom. The third kappa shape index (κ3) is 4.68. The molecule has 0 spiro atoms. The third-order valence-electron chi connectivity index (χ3n) is 4.19. The van der Waals surface area contributed by atoms with Gasteiger partial charge in [-0.2, -0.15) is 13.2 Å². The fourth-order valence-electron chi connectivity index (χ4n) is 2.63. The summed E-state index contributed by atoms with van der Waals surface area (Å²) in [4.78, 5) is 24.5. The number of hydrogen-bond acceptors (Lipinski definition) is 2. The van der Waals surface area contributed by atoms with E-state index in [2.05, 4.69) is 5.32 Å². The molecule has 7 heteroatoms. The summed E-state index contributed by atoms with van der Waals surface area (Å²) in [5, 5.41) is 2.53. The zero-order chi connectivity index (χ0) is 20.3. The smallest absolute Gasteiger partial charge is 0.322 e. The number of anilines is 1. The number of alkyl halides is 3. The maximum Gasteiger partial charge on any atom is 0.416 e. The van der Waals surface area contributed by atoms with Gasteiger partial charge in [0.15, 0.2) is 0 Å². The van der Waals surface area contributed by atoms with E-state index in [-0.39, 0.29) is 16.8 Å². The Hall–Kier alpha value is -3.35. The molecule has 3 aromatic rings. The first-order valence-corrected chi connectivity index (χ1v) is 8.47. The molecule has 0 unspecified atom stereocenters. The lowest BCUT2D eigenvalue weighted by molar-refractivity contribution is -0.137. The van der Waals surface area contributed by atoms with E-state index in [1.807, 2.05) is 31.2 Å². The number of rotatable bonds is 4. The molecule has 1 amide bonds. The summed E-state index contributed by atoms with van der Waals surface area (Å²) >= 11 is 0. The number of hydrogen-bond donors (Lipinski definition) is 1. The number of benzene rings is 2. The van der Waals surface area contributed by atoms with E-state index in [4.69, 9.17) is 0 Å². The van der Waals surface area contributed by atoms with E-state index >= 15 is 0 Å². The largest absolute Gasteiger partial charge is 0.416 e. The van der Waals surface area contributed by atoms with Crippen molar-refractivity contribution in [3.05, 3.63) is 99.5 Å². The fraction of sp³-hybridized carbons (Fsp3) is 0.143. The molecular formula is C21H17F3N2O2. The number of aryl methyl sites for hydroxylation is 1. The van der Waals surface area contributed by atoms with Crippen molar-refractivity contribution in [2.24, 2.45) is 0 Å². The highest BCUT2D eigenvalue weighted by molar-refractivity contribution is 6.04. The van der Waals surface area contributed by atoms with E-state index in [0.717, 1.165) is 23.3 Å². The van der Waals surface area contributed by atoms with Crippen LogP contribution in [0.4, 0.5) is 18.9 Å². The molecule has 0 aliphatic heterocycles. The summed E-state index contributed by atoms with van der Waals surface area (Å²) in [6, 6.07) is 14.5.